The van der Waals surface area contributed by atoms with Crippen molar-refractivity contribution in [2.24, 2.45) is 0 Å². The lowest BCUT2D eigenvalue weighted by molar-refractivity contribution is 0.792. The van der Waals surface area contributed by atoms with Gasteiger partial charge in [-0.15, -0.1) is 5.10 Å². The molecule has 0 amide bonds. The molecule has 0 unspecified atom stereocenters. The summed E-state index contributed by atoms with van der Waals surface area (Å²) in [6.07, 6.45) is 1.76. The first-order valence-electron chi connectivity index (χ1n) is 6.32. The number of benzene rings is 1. The summed E-state index contributed by atoms with van der Waals surface area (Å²) < 4.78 is 1.72. The van der Waals surface area contributed by atoms with Crippen LogP contribution in [0.1, 0.15) is 19.0 Å². The van der Waals surface area contributed by atoms with Gasteiger partial charge in [0.05, 0.1) is 5.69 Å². The molecule has 1 aromatic carbocycles. The van der Waals surface area contributed by atoms with Gasteiger partial charge in [0.2, 0.25) is 5.78 Å². The van der Waals surface area contributed by atoms with E-state index < -0.39 is 0 Å². The van der Waals surface area contributed by atoms with Crippen molar-refractivity contribution >= 4 is 5.78 Å². The van der Waals surface area contributed by atoms with E-state index in [2.05, 4.69) is 22.0 Å². The van der Waals surface area contributed by atoms with Gasteiger partial charge in [-0.2, -0.15) is 4.98 Å². The third-order valence-corrected chi connectivity index (χ3v) is 2.95. The molecule has 2 aromatic heterocycles. The highest BCUT2D eigenvalue weighted by Gasteiger charge is 2.09. The summed E-state index contributed by atoms with van der Waals surface area (Å²) in [6.45, 7) is 2.07. The zero-order valence-corrected chi connectivity index (χ0v) is 10.6. The van der Waals surface area contributed by atoms with Crippen molar-refractivity contribution in [3.63, 3.8) is 0 Å². The van der Waals surface area contributed by atoms with Gasteiger partial charge in [0, 0.05) is 11.6 Å². The molecule has 0 aliphatic heterocycles. The molecule has 0 fully saturated rings. The summed E-state index contributed by atoms with van der Waals surface area (Å²) in [6, 6.07) is 11.3. The maximum Gasteiger partial charge on any atom is 0.252 e. The summed E-state index contributed by atoms with van der Waals surface area (Å²) in [4.78, 5) is 18.7. The third-order valence-electron chi connectivity index (χ3n) is 2.95. The lowest BCUT2D eigenvalue weighted by Crippen LogP contribution is -2.12. The van der Waals surface area contributed by atoms with Crippen molar-refractivity contribution < 1.29 is 0 Å². The average molecular weight is 254 g/mol. The van der Waals surface area contributed by atoms with Crippen LogP contribution in [0.4, 0.5) is 0 Å². The second-order valence-electron chi connectivity index (χ2n) is 4.41. The Morgan fingerprint density at radius 2 is 2.05 bits per heavy atom. The average Bonchev–Trinajstić information content (AvgIpc) is 2.84. The Balaban J connectivity index is 2.20. The molecule has 0 radical (unpaired) electrons. The van der Waals surface area contributed by atoms with Crippen LogP contribution in [0.25, 0.3) is 17.2 Å². The topological polar surface area (TPSA) is 63.0 Å². The van der Waals surface area contributed by atoms with Crippen LogP contribution >= 0.6 is 0 Å². The van der Waals surface area contributed by atoms with E-state index in [0.717, 1.165) is 24.1 Å². The van der Waals surface area contributed by atoms with E-state index in [1.54, 1.807) is 10.6 Å². The van der Waals surface area contributed by atoms with Crippen LogP contribution in [-0.2, 0) is 6.42 Å². The van der Waals surface area contributed by atoms with Crippen LogP contribution in [-0.4, -0.2) is 19.6 Å². The van der Waals surface area contributed by atoms with Crippen LogP contribution < -0.4 is 5.56 Å². The number of rotatable bonds is 3. The van der Waals surface area contributed by atoms with Gasteiger partial charge >= 0.3 is 0 Å². The second-order valence-corrected chi connectivity index (χ2v) is 4.41. The minimum Gasteiger partial charge on any atom is -0.291 e. The molecule has 0 aliphatic rings. The Hall–Kier alpha value is -2.43. The van der Waals surface area contributed by atoms with E-state index >= 15 is 0 Å². The minimum absolute atomic E-state index is 0.136. The van der Waals surface area contributed by atoms with Crippen molar-refractivity contribution in [1.29, 1.82) is 0 Å². The number of aromatic amines is 1. The van der Waals surface area contributed by atoms with Crippen molar-refractivity contribution in [3.05, 3.63) is 52.4 Å². The van der Waals surface area contributed by atoms with E-state index in [9.17, 15) is 4.79 Å². The number of nitrogens with zero attached hydrogens (tertiary/aromatic N) is 3. The second kappa shape index (κ2) is 4.68. The van der Waals surface area contributed by atoms with Gasteiger partial charge in [-0.3, -0.25) is 9.78 Å². The molecule has 0 bridgehead atoms. The molecule has 5 nitrogen and oxygen atoms in total. The van der Waals surface area contributed by atoms with Gasteiger partial charge in [0.1, 0.15) is 0 Å². The fraction of sp³-hybridized carbons (Fsp3) is 0.214. The fourth-order valence-electron chi connectivity index (χ4n) is 2.10. The van der Waals surface area contributed by atoms with Crippen LogP contribution in [0.3, 0.4) is 0 Å². The zero-order chi connectivity index (χ0) is 13.2. The quantitative estimate of drug-likeness (QED) is 0.778. The monoisotopic (exact) mass is 254 g/mol. The Kier molecular flexibility index (Phi) is 2.87. The number of nitrogens with one attached hydrogen (secondary N) is 1. The molecule has 3 rings (SSSR count). The maximum atomic E-state index is 11.6. The predicted molar refractivity (Wildman–Crippen MR) is 73.0 cm³/mol. The molecule has 1 N–H and O–H groups in total. The van der Waals surface area contributed by atoms with Gasteiger partial charge in [0.15, 0.2) is 5.82 Å². The minimum atomic E-state index is -0.136. The Morgan fingerprint density at radius 3 is 2.79 bits per heavy atom. The number of hydrogen-bond acceptors (Lipinski definition) is 3. The first-order valence-corrected chi connectivity index (χ1v) is 6.32. The van der Waals surface area contributed by atoms with Gasteiger partial charge in [-0.05, 0) is 6.42 Å². The lowest BCUT2D eigenvalue weighted by Gasteiger charge is -2.00. The number of aromatic nitrogens is 4. The van der Waals surface area contributed by atoms with Gasteiger partial charge < -0.3 is 0 Å². The Labute approximate surface area is 109 Å². The largest absolute Gasteiger partial charge is 0.291 e. The van der Waals surface area contributed by atoms with Crippen LogP contribution in [0.15, 0.2) is 41.2 Å². The van der Waals surface area contributed by atoms with E-state index in [0.29, 0.717) is 11.6 Å². The summed E-state index contributed by atoms with van der Waals surface area (Å²) in [7, 11) is 0. The summed E-state index contributed by atoms with van der Waals surface area (Å²) in [5.41, 5.74) is 1.69. The molecule has 0 saturated heterocycles. The smallest absolute Gasteiger partial charge is 0.252 e. The third kappa shape index (κ3) is 2.14. The molecule has 96 valence electrons. The van der Waals surface area contributed by atoms with Crippen molar-refractivity contribution in [2.45, 2.75) is 19.8 Å². The fourth-order valence-corrected chi connectivity index (χ4v) is 2.10. The lowest BCUT2D eigenvalue weighted by atomic mass is 10.2. The highest BCUT2D eigenvalue weighted by Crippen LogP contribution is 2.15. The predicted octanol–water partition coefficient (Wildman–Crippen LogP) is 2.04. The zero-order valence-electron chi connectivity index (χ0n) is 10.6. The van der Waals surface area contributed by atoms with E-state index in [-0.39, 0.29) is 5.56 Å². The van der Waals surface area contributed by atoms with Gasteiger partial charge in [0.25, 0.3) is 5.56 Å². The van der Waals surface area contributed by atoms with Crippen LogP contribution in [0.2, 0.25) is 0 Å². The first kappa shape index (κ1) is 11.6. The number of fused-ring (bicyclic) bond motifs is 1. The van der Waals surface area contributed by atoms with Crippen LogP contribution in [0.5, 0.6) is 0 Å². The standard InChI is InChI=1S/C14H14N4O/c1-2-6-11-9-12(19)15-14-16-13(17-18(11)14)10-7-4-3-5-8-10/h3-5,7-9H,2,6H2,1H3,(H,15,16,17,19). The van der Waals surface area contributed by atoms with Crippen LogP contribution in [0, 0.1) is 0 Å². The SMILES string of the molecule is CCCc1cc(=O)[nH]c2nc(-c3ccccc3)nn12. The first-order chi connectivity index (χ1) is 9.28. The Bertz CT molecular complexity index is 758. The molecule has 0 aliphatic carbocycles. The molecular weight excluding hydrogens is 240 g/mol. The Morgan fingerprint density at radius 1 is 1.26 bits per heavy atom. The maximum absolute atomic E-state index is 11.6. The molecule has 0 atom stereocenters. The number of aryl methyl sites for hydroxylation is 1. The number of hydrogen-bond donors (Lipinski definition) is 1. The molecule has 19 heavy (non-hydrogen) atoms. The van der Waals surface area contributed by atoms with Crippen molar-refractivity contribution in [3.8, 4) is 11.4 Å². The number of H-pyrrole nitrogens is 1. The van der Waals surface area contributed by atoms with Gasteiger partial charge in [-0.1, -0.05) is 43.7 Å². The normalized spacial score (nSPS) is 11.0. The van der Waals surface area contributed by atoms with E-state index in [1.165, 1.54) is 0 Å². The summed E-state index contributed by atoms with van der Waals surface area (Å²) in [5.74, 6) is 1.12. The summed E-state index contributed by atoms with van der Waals surface area (Å²) in [5, 5.41) is 4.48. The molecule has 2 heterocycles. The molecule has 0 saturated carbocycles. The highest BCUT2D eigenvalue weighted by molar-refractivity contribution is 5.56. The molecular formula is C14H14N4O. The van der Waals surface area contributed by atoms with Gasteiger partial charge in [-0.25, -0.2) is 4.52 Å². The van der Waals surface area contributed by atoms with E-state index in [4.69, 9.17) is 0 Å². The highest BCUT2D eigenvalue weighted by atomic mass is 16.1. The van der Waals surface area contributed by atoms with Crippen molar-refractivity contribution in [1.82, 2.24) is 19.6 Å². The van der Waals surface area contributed by atoms with E-state index in [1.807, 2.05) is 30.3 Å². The van der Waals surface area contributed by atoms with Crippen molar-refractivity contribution in [2.75, 3.05) is 0 Å². The summed E-state index contributed by atoms with van der Waals surface area (Å²) >= 11 is 0. The molecule has 0 spiro atoms. The molecule has 5 heteroatoms. The molecule has 3 aromatic rings.